The number of pyridine rings is 1. The highest BCUT2D eigenvalue weighted by Crippen LogP contribution is 2.34. The van der Waals surface area contributed by atoms with Gasteiger partial charge >= 0.3 is 0 Å². The van der Waals surface area contributed by atoms with Gasteiger partial charge in [0.15, 0.2) is 0 Å². The first-order valence-electron chi connectivity index (χ1n) is 13.0. The minimum atomic E-state index is -3.06. The van der Waals surface area contributed by atoms with Crippen molar-refractivity contribution in [2.24, 2.45) is 0 Å². The highest BCUT2D eigenvalue weighted by Gasteiger charge is 2.25. The van der Waals surface area contributed by atoms with Crippen LogP contribution in [0.15, 0.2) is 91.1 Å². The van der Waals surface area contributed by atoms with Crippen LogP contribution in [0.1, 0.15) is 40.1 Å². The Bertz CT molecular complexity index is 1880. The Labute approximate surface area is 243 Å². The fourth-order valence-electron chi connectivity index (χ4n) is 4.79. The molecule has 5 aromatic rings. The summed E-state index contributed by atoms with van der Waals surface area (Å²) in [6, 6.07) is 23.5. The van der Waals surface area contributed by atoms with Crippen molar-refractivity contribution >= 4 is 33.9 Å². The smallest absolute Gasteiger partial charge is 0.255 e. The number of benzene rings is 3. The SMILES string of the molecule is CNC(=O)c1c(-c2ccc(F)cc2)nn2cc(N[SH](=O)=O)c(-c3cccc(C(=O)NC(C)(C)c4ccccc4)c3)cc12. The molecule has 42 heavy (non-hydrogen) atoms. The molecule has 0 radical (unpaired) electrons. The fraction of sp³-hybridized carbons (Fsp3) is 0.129. The number of anilines is 1. The van der Waals surface area contributed by atoms with Crippen LogP contribution < -0.4 is 15.4 Å². The maximum absolute atomic E-state index is 13.6. The van der Waals surface area contributed by atoms with Crippen LogP contribution >= 0.6 is 0 Å². The summed E-state index contributed by atoms with van der Waals surface area (Å²) < 4.78 is 41.0. The van der Waals surface area contributed by atoms with Crippen molar-refractivity contribution in [1.82, 2.24) is 20.2 Å². The molecule has 214 valence electrons. The van der Waals surface area contributed by atoms with Gasteiger partial charge in [-0.15, -0.1) is 0 Å². The topological polar surface area (TPSA) is 122 Å². The molecule has 11 heteroatoms. The van der Waals surface area contributed by atoms with E-state index < -0.39 is 28.2 Å². The number of carbonyl (C=O) groups excluding carboxylic acids is 2. The number of halogens is 1. The maximum Gasteiger partial charge on any atom is 0.255 e. The van der Waals surface area contributed by atoms with Gasteiger partial charge in [-0.1, -0.05) is 42.5 Å². The molecule has 9 nitrogen and oxygen atoms in total. The third kappa shape index (κ3) is 5.72. The molecule has 0 unspecified atom stereocenters. The van der Waals surface area contributed by atoms with Gasteiger partial charge in [0.2, 0.25) is 10.9 Å². The van der Waals surface area contributed by atoms with E-state index in [1.165, 1.54) is 42.0 Å². The van der Waals surface area contributed by atoms with Crippen LogP contribution in [-0.2, 0) is 16.4 Å². The fourth-order valence-corrected chi connectivity index (χ4v) is 5.16. The number of fused-ring (bicyclic) bond motifs is 1. The van der Waals surface area contributed by atoms with Crippen molar-refractivity contribution in [1.29, 1.82) is 0 Å². The molecule has 0 aliphatic heterocycles. The first-order valence-corrected chi connectivity index (χ1v) is 14.2. The van der Waals surface area contributed by atoms with Crippen LogP contribution in [0.5, 0.6) is 0 Å². The van der Waals surface area contributed by atoms with E-state index in [1.54, 1.807) is 30.3 Å². The van der Waals surface area contributed by atoms with Gasteiger partial charge in [-0.2, -0.15) is 5.10 Å². The van der Waals surface area contributed by atoms with Gasteiger partial charge in [-0.05, 0) is 67.4 Å². The number of nitrogens with one attached hydrogen (secondary N) is 3. The minimum absolute atomic E-state index is 0.192. The predicted molar refractivity (Wildman–Crippen MR) is 160 cm³/mol. The normalized spacial score (nSPS) is 11.5. The van der Waals surface area contributed by atoms with Crippen LogP contribution in [0, 0.1) is 5.82 Å². The second-order valence-corrected chi connectivity index (χ2v) is 10.9. The summed E-state index contributed by atoms with van der Waals surface area (Å²) in [6.45, 7) is 3.81. The number of aromatic nitrogens is 2. The van der Waals surface area contributed by atoms with Crippen molar-refractivity contribution in [3.63, 3.8) is 0 Å². The largest absolute Gasteiger partial charge is 0.355 e. The molecule has 0 fully saturated rings. The average Bonchev–Trinajstić information content (AvgIpc) is 3.35. The lowest BCUT2D eigenvalue weighted by molar-refractivity contribution is 0.0910. The first-order chi connectivity index (χ1) is 20.1. The summed E-state index contributed by atoms with van der Waals surface area (Å²) in [7, 11) is -1.57. The lowest BCUT2D eigenvalue weighted by Crippen LogP contribution is -2.40. The molecule has 2 amide bonds. The van der Waals surface area contributed by atoms with Crippen LogP contribution in [-0.4, -0.2) is 36.9 Å². The molecular weight excluding hydrogens is 557 g/mol. The van der Waals surface area contributed by atoms with Crippen molar-refractivity contribution in [2.75, 3.05) is 11.8 Å². The van der Waals surface area contributed by atoms with E-state index in [4.69, 9.17) is 0 Å². The number of hydrogen-bond acceptors (Lipinski definition) is 5. The van der Waals surface area contributed by atoms with E-state index >= 15 is 0 Å². The number of rotatable bonds is 8. The molecule has 0 aliphatic rings. The molecule has 0 atom stereocenters. The van der Waals surface area contributed by atoms with Gasteiger partial charge in [0.25, 0.3) is 11.8 Å². The van der Waals surface area contributed by atoms with Gasteiger partial charge < -0.3 is 10.6 Å². The van der Waals surface area contributed by atoms with Crippen molar-refractivity contribution in [2.45, 2.75) is 19.4 Å². The van der Waals surface area contributed by atoms with E-state index in [1.807, 2.05) is 44.2 Å². The Morgan fingerprint density at radius 2 is 1.60 bits per heavy atom. The van der Waals surface area contributed by atoms with Crippen LogP contribution in [0.4, 0.5) is 10.1 Å². The van der Waals surface area contributed by atoms with Crippen LogP contribution in [0.25, 0.3) is 27.9 Å². The quantitative estimate of drug-likeness (QED) is 0.196. The summed E-state index contributed by atoms with van der Waals surface area (Å²) >= 11 is 0. The highest BCUT2D eigenvalue weighted by molar-refractivity contribution is 7.73. The summed E-state index contributed by atoms with van der Waals surface area (Å²) in [6.07, 6.45) is 1.46. The van der Waals surface area contributed by atoms with E-state index in [-0.39, 0.29) is 17.2 Å². The molecule has 2 aromatic heterocycles. The lowest BCUT2D eigenvalue weighted by Gasteiger charge is -2.27. The molecule has 5 rings (SSSR count). The average molecular weight is 586 g/mol. The van der Waals surface area contributed by atoms with Gasteiger partial charge in [-0.3, -0.25) is 14.3 Å². The Kier molecular flexibility index (Phi) is 7.77. The van der Waals surface area contributed by atoms with Crippen molar-refractivity contribution in [3.05, 3.63) is 114 Å². The van der Waals surface area contributed by atoms with E-state index in [0.717, 1.165) is 5.56 Å². The Hall–Kier alpha value is -5.03. The first kappa shape index (κ1) is 28.5. The molecule has 0 spiro atoms. The van der Waals surface area contributed by atoms with Crippen LogP contribution in [0.2, 0.25) is 0 Å². The zero-order chi connectivity index (χ0) is 30.0. The molecule has 0 saturated carbocycles. The summed E-state index contributed by atoms with van der Waals surface area (Å²) in [5, 5.41) is 10.2. The van der Waals surface area contributed by atoms with E-state index in [0.29, 0.717) is 33.5 Å². The molecule has 3 aromatic carbocycles. The van der Waals surface area contributed by atoms with Gasteiger partial charge in [-0.25, -0.2) is 17.3 Å². The highest BCUT2D eigenvalue weighted by atomic mass is 32.2. The van der Waals surface area contributed by atoms with Crippen molar-refractivity contribution in [3.8, 4) is 22.4 Å². The van der Waals surface area contributed by atoms with E-state index in [9.17, 15) is 22.4 Å². The maximum atomic E-state index is 13.6. The summed E-state index contributed by atoms with van der Waals surface area (Å²) in [5.74, 6) is -1.18. The Balaban J connectivity index is 1.63. The van der Waals surface area contributed by atoms with Gasteiger partial charge in [0.05, 0.1) is 28.5 Å². The molecule has 3 N–H and O–H groups in total. The summed E-state index contributed by atoms with van der Waals surface area (Å²) in [4.78, 5) is 26.4. The molecule has 0 bridgehead atoms. The number of hydrogen-bond donors (Lipinski definition) is 4. The zero-order valence-corrected chi connectivity index (χ0v) is 23.9. The van der Waals surface area contributed by atoms with Gasteiger partial charge in [0, 0.05) is 23.7 Å². The third-order valence-corrected chi connectivity index (χ3v) is 7.33. The molecule has 0 saturated heterocycles. The number of amides is 2. The number of carbonyl (C=O) groups is 2. The second kappa shape index (κ2) is 11.5. The lowest BCUT2D eigenvalue weighted by atomic mass is 9.93. The van der Waals surface area contributed by atoms with E-state index in [2.05, 4.69) is 20.5 Å². The van der Waals surface area contributed by atoms with Crippen molar-refractivity contribution < 1.29 is 22.4 Å². The number of nitrogens with zero attached hydrogens (tertiary/aromatic N) is 2. The number of thiol groups is 1. The Morgan fingerprint density at radius 1 is 0.881 bits per heavy atom. The molecule has 2 heterocycles. The minimum Gasteiger partial charge on any atom is -0.355 e. The summed E-state index contributed by atoms with van der Waals surface area (Å²) in [5.41, 5.74) is 3.20. The monoisotopic (exact) mass is 585 g/mol. The van der Waals surface area contributed by atoms with Crippen LogP contribution in [0.3, 0.4) is 0 Å². The second-order valence-electron chi connectivity index (χ2n) is 10.1. The van der Waals surface area contributed by atoms with Gasteiger partial charge in [0.1, 0.15) is 11.5 Å². The zero-order valence-electron chi connectivity index (χ0n) is 23.0. The third-order valence-electron chi connectivity index (χ3n) is 6.91. The molecule has 0 aliphatic carbocycles. The molecular formula is C31H28FN5O4S. The Morgan fingerprint density at radius 3 is 2.26 bits per heavy atom. The predicted octanol–water partition coefficient (Wildman–Crippen LogP) is 4.77. The standard InChI is InChI=1S/C31H28FN5O4S/c1-31(2,22-10-5-4-6-11-22)34-29(38)21-9-7-8-20(16-21)24-17-26-27(30(39)33-3)28(19-12-14-23(32)15-13-19)35-37(26)18-25(24)36-42(40)41/h4-18,42H,1-3H3,(H,33,39)(H,34,38)(H,36,40,41).